The molecule has 160 valence electrons. The Morgan fingerprint density at radius 3 is 1.87 bits per heavy atom. The molecule has 0 spiro atoms. The highest BCUT2D eigenvalue weighted by molar-refractivity contribution is 6.08. The Bertz CT molecular complexity index is 1160. The van der Waals surface area contributed by atoms with Crippen LogP contribution >= 0.6 is 0 Å². The maximum absolute atomic E-state index is 2.61. The van der Waals surface area contributed by atoms with E-state index in [2.05, 4.69) is 94.9 Å². The van der Waals surface area contributed by atoms with Crippen LogP contribution in [-0.4, -0.2) is 40.5 Å². The van der Waals surface area contributed by atoms with Crippen LogP contribution in [0.15, 0.2) is 66.7 Å². The highest BCUT2D eigenvalue weighted by atomic mass is 15.3. The first kappa shape index (κ1) is 20.3. The van der Waals surface area contributed by atoms with Crippen LogP contribution in [0, 0.1) is 0 Å². The van der Waals surface area contributed by atoms with Gasteiger partial charge in [0.1, 0.15) is 0 Å². The molecule has 0 bridgehead atoms. The lowest BCUT2D eigenvalue weighted by Gasteiger charge is -2.34. The molecule has 5 rings (SSSR count). The van der Waals surface area contributed by atoms with Crippen molar-refractivity contribution in [3.63, 3.8) is 0 Å². The summed E-state index contributed by atoms with van der Waals surface area (Å²) < 4.78 is 2.43. The van der Waals surface area contributed by atoms with Gasteiger partial charge in [0.15, 0.2) is 0 Å². The fourth-order valence-corrected chi connectivity index (χ4v) is 5.04. The molecule has 3 aromatic carbocycles. The summed E-state index contributed by atoms with van der Waals surface area (Å²) in [6, 6.07) is 25.0. The minimum atomic E-state index is 1.01. The topological polar surface area (TPSA) is 11.4 Å². The molecule has 0 N–H and O–H groups in total. The summed E-state index contributed by atoms with van der Waals surface area (Å²) in [5.74, 6) is 0. The van der Waals surface area contributed by atoms with Crippen molar-refractivity contribution in [2.45, 2.75) is 39.9 Å². The molecule has 2 heterocycles. The van der Waals surface area contributed by atoms with Crippen LogP contribution in [0.5, 0.6) is 0 Å². The quantitative estimate of drug-likeness (QED) is 0.403. The lowest BCUT2D eigenvalue weighted by molar-refractivity contribution is 0.122. The summed E-state index contributed by atoms with van der Waals surface area (Å²) in [5, 5.41) is 2.77. The molecule has 0 saturated carbocycles. The lowest BCUT2D eigenvalue weighted by Crippen LogP contribution is -2.45. The van der Waals surface area contributed by atoms with E-state index in [1.54, 1.807) is 0 Å². The van der Waals surface area contributed by atoms with E-state index in [0.29, 0.717) is 0 Å². The summed E-state index contributed by atoms with van der Waals surface area (Å²) in [6.45, 7) is 12.1. The number of rotatable bonds is 6. The van der Waals surface area contributed by atoms with Crippen LogP contribution in [0.25, 0.3) is 21.8 Å². The third-order valence-corrected chi connectivity index (χ3v) is 6.86. The largest absolute Gasteiger partial charge is 0.341 e. The van der Waals surface area contributed by atoms with Crippen molar-refractivity contribution in [3.05, 3.63) is 83.4 Å². The van der Waals surface area contributed by atoms with Gasteiger partial charge in [0.05, 0.1) is 0 Å². The Hall–Kier alpha value is -2.62. The van der Waals surface area contributed by atoms with Crippen molar-refractivity contribution in [1.82, 2.24) is 14.4 Å². The molecule has 1 aliphatic rings. The summed E-state index contributed by atoms with van der Waals surface area (Å²) in [7, 11) is 0. The maximum atomic E-state index is 2.61. The second-order valence-electron chi connectivity index (χ2n) is 8.84. The molecule has 0 aliphatic carbocycles. The Labute approximate surface area is 185 Å². The maximum Gasteiger partial charge on any atom is 0.0491 e. The van der Waals surface area contributed by atoms with E-state index < -0.39 is 0 Å². The first-order valence-electron chi connectivity index (χ1n) is 11.8. The highest BCUT2D eigenvalue weighted by Gasteiger charge is 2.18. The van der Waals surface area contributed by atoms with E-state index in [1.165, 1.54) is 38.5 Å². The molecule has 3 heteroatoms. The molecule has 0 amide bonds. The smallest absolute Gasteiger partial charge is 0.0491 e. The van der Waals surface area contributed by atoms with E-state index in [-0.39, 0.29) is 0 Å². The van der Waals surface area contributed by atoms with Gasteiger partial charge in [0.25, 0.3) is 0 Å². The van der Waals surface area contributed by atoms with Crippen LogP contribution in [-0.2, 0) is 26.1 Å². The minimum absolute atomic E-state index is 1.01. The Balaban J connectivity index is 1.25. The summed E-state index contributed by atoms with van der Waals surface area (Å²) in [5.41, 5.74) is 6.98. The van der Waals surface area contributed by atoms with Gasteiger partial charge in [-0.2, -0.15) is 0 Å². The molecule has 1 fully saturated rings. The highest BCUT2D eigenvalue weighted by Crippen LogP contribution is 2.30. The number of aromatic nitrogens is 1. The second-order valence-corrected chi connectivity index (χ2v) is 8.84. The fraction of sp³-hybridized carbons (Fsp3) is 0.357. The zero-order valence-electron chi connectivity index (χ0n) is 18.8. The Morgan fingerprint density at radius 1 is 0.613 bits per heavy atom. The predicted molar refractivity (Wildman–Crippen MR) is 131 cm³/mol. The van der Waals surface area contributed by atoms with Gasteiger partial charge in [-0.25, -0.2) is 0 Å². The molecule has 3 nitrogen and oxygen atoms in total. The summed E-state index contributed by atoms with van der Waals surface area (Å²) in [4.78, 5) is 5.20. The number of hydrogen-bond donors (Lipinski definition) is 0. The van der Waals surface area contributed by atoms with E-state index in [9.17, 15) is 0 Å². The Kier molecular flexibility index (Phi) is 5.80. The average molecular weight is 412 g/mol. The van der Waals surface area contributed by atoms with E-state index in [0.717, 1.165) is 52.2 Å². The number of benzene rings is 3. The first-order chi connectivity index (χ1) is 15.2. The predicted octanol–water partition coefficient (Wildman–Crippen LogP) is 5.69. The molecule has 4 aromatic rings. The molecule has 0 atom stereocenters. The number of hydrogen-bond acceptors (Lipinski definition) is 2. The molecule has 1 saturated heterocycles. The van der Waals surface area contributed by atoms with Gasteiger partial charge in [0.2, 0.25) is 0 Å². The Morgan fingerprint density at radius 2 is 1.19 bits per heavy atom. The average Bonchev–Trinajstić information content (AvgIpc) is 3.14. The van der Waals surface area contributed by atoms with Crippen molar-refractivity contribution >= 4 is 21.8 Å². The van der Waals surface area contributed by atoms with Crippen LogP contribution < -0.4 is 0 Å². The number of aryl methyl sites for hydroxylation is 2. The van der Waals surface area contributed by atoms with Crippen molar-refractivity contribution in [1.29, 1.82) is 0 Å². The van der Waals surface area contributed by atoms with Crippen molar-refractivity contribution in [2.24, 2.45) is 0 Å². The number of para-hydroxylation sites is 1. The van der Waals surface area contributed by atoms with Gasteiger partial charge in [-0.05, 0) is 48.2 Å². The zero-order valence-corrected chi connectivity index (χ0v) is 18.8. The van der Waals surface area contributed by atoms with Gasteiger partial charge in [0, 0.05) is 67.6 Å². The first-order valence-corrected chi connectivity index (χ1v) is 11.8. The van der Waals surface area contributed by atoms with Crippen molar-refractivity contribution in [2.75, 3.05) is 26.2 Å². The second kappa shape index (κ2) is 8.86. The number of piperazine rings is 1. The zero-order chi connectivity index (χ0) is 21.2. The third-order valence-electron chi connectivity index (χ3n) is 6.86. The molecular formula is C28H33N3. The van der Waals surface area contributed by atoms with Crippen molar-refractivity contribution < 1.29 is 0 Å². The van der Waals surface area contributed by atoms with E-state index in [1.807, 2.05) is 0 Å². The van der Waals surface area contributed by atoms with E-state index in [4.69, 9.17) is 0 Å². The van der Waals surface area contributed by atoms with Gasteiger partial charge < -0.3 is 4.57 Å². The van der Waals surface area contributed by atoms with Crippen LogP contribution in [0.2, 0.25) is 0 Å². The molecule has 1 aromatic heterocycles. The van der Waals surface area contributed by atoms with Gasteiger partial charge >= 0.3 is 0 Å². The fourth-order valence-electron chi connectivity index (χ4n) is 5.04. The van der Waals surface area contributed by atoms with Crippen LogP contribution in [0.4, 0.5) is 0 Å². The standard InChI is InChI=1S/C28H33N3/c1-3-22-9-11-23(12-10-22)20-29-15-17-30(18-16-29)21-24-13-14-28-26(19-24)25-7-5-6-8-27(25)31(28)4-2/h5-14,19H,3-4,15-18,20-21H2,1-2H3. The third kappa shape index (κ3) is 4.13. The van der Waals surface area contributed by atoms with Gasteiger partial charge in [-0.1, -0.05) is 55.5 Å². The molecule has 0 unspecified atom stereocenters. The van der Waals surface area contributed by atoms with Gasteiger partial charge in [-0.3, -0.25) is 9.80 Å². The normalized spacial score (nSPS) is 15.8. The van der Waals surface area contributed by atoms with Crippen molar-refractivity contribution in [3.8, 4) is 0 Å². The molecule has 0 radical (unpaired) electrons. The summed E-state index contributed by atoms with van der Waals surface area (Å²) >= 11 is 0. The molecular weight excluding hydrogens is 378 g/mol. The molecule has 1 aliphatic heterocycles. The SMILES string of the molecule is CCc1ccc(CN2CCN(Cc3ccc4c(c3)c3ccccc3n4CC)CC2)cc1. The molecule has 31 heavy (non-hydrogen) atoms. The van der Waals surface area contributed by atoms with Crippen LogP contribution in [0.3, 0.4) is 0 Å². The lowest BCUT2D eigenvalue weighted by atomic mass is 10.1. The number of fused-ring (bicyclic) bond motifs is 3. The summed E-state index contributed by atoms with van der Waals surface area (Å²) in [6.07, 6.45) is 1.11. The monoisotopic (exact) mass is 411 g/mol. The minimum Gasteiger partial charge on any atom is -0.341 e. The van der Waals surface area contributed by atoms with Gasteiger partial charge in [-0.15, -0.1) is 0 Å². The van der Waals surface area contributed by atoms with E-state index >= 15 is 0 Å². The van der Waals surface area contributed by atoms with Crippen LogP contribution in [0.1, 0.15) is 30.5 Å². The number of nitrogens with zero attached hydrogens (tertiary/aromatic N) is 3.